The fourth-order valence-electron chi connectivity index (χ4n) is 1.47. The average Bonchev–Trinajstić information content (AvgIpc) is 2.29. The molecule has 0 unspecified atom stereocenters. The number of hydrogen-bond donors (Lipinski definition) is 1. The van der Waals surface area contributed by atoms with Gasteiger partial charge in [0, 0.05) is 18.2 Å². The molecule has 1 aromatic rings. The molecule has 0 aliphatic carbocycles. The Bertz CT molecular complexity index is 339. The van der Waals surface area contributed by atoms with Crippen LogP contribution in [0, 0.1) is 5.82 Å². The fourth-order valence-corrected chi connectivity index (χ4v) is 1.47. The van der Waals surface area contributed by atoms with E-state index in [4.69, 9.17) is 4.74 Å². The zero-order valence-corrected chi connectivity index (χ0v) is 10.9. The lowest BCUT2D eigenvalue weighted by atomic mass is 10.2. The molecule has 0 atom stereocenters. The van der Waals surface area contributed by atoms with E-state index in [9.17, 15) is 4.39 Å². The van der Waals surface area contributed by atoms with Crippen molar-refractivity contribution >= 4 is 0 Å². The zero-order chi connectivity index (χ0) is 12.7. The van der Waals surface area contributed by atoms with E-state index in [0.717, 1.165) is 24.2 Å². The Balaban J connectivity index is 2.66. The summed E-state index contributed by atoms with van der Waals surface area (Å²) in [5.74, 6) is 0.571. The summed E-state index contributed by atoms with van der Waals surface area (Å²) in [6.07, 6.45) is 2.12. The van der Waals surface area contributed by atoms with E-state index in [1.165, 1.54) is 12.1 Å². The molecule has 1 rings (SSSR count). The summed E-state index contributed by atoms with van der Waals surface area (Å²) in [6, 6.07) is 5.07. The van der Waals surface area contributed by atoms with Crippen molar-refractivity contribution in [3.8, 4) is 5.75 Å². The van der Waals surface area contributed by atoms with Gasteiger partial charge in [-0.05, 0) is 24.6 Å². The van der Waals surface area contributed by atoms with Crippen LogP contribution in [0.3, 0.4) is 0 Å². The number of halogens is 1. The van der Waals surface area contributed by atoms with E-state index in [-0.39, 0.29) is 5.82 Å². The second-order valence-electron chi connectivity index (χ2n) is 4.49. The van der Waals surface area contributed by atoms with Crippen molar-refractivity contribution in [2.45, 2.75) is 46.2 Å². The number of ether oxygens (including phenoxy) is 1. The lowest BCUT2D eigenvalue weighted by molar-refractivity contribution is 0.304. The Morgan fingerprint density at radius 1 is 1.35 bits per heavy atom. The molecule has 0 aliphatic heterocycles. The van der Waals surface area contributed by atoms with E-state index in [0.29, 0.717) is 19.2 Å². The Morgan fingerprint density at radius 2 is 2.12 bits per heavy atom. The molecule has 0 heterocycles. The highest BCUT2D eigenvalue weighted by Crippen LogP contribution is 2.20. The standard InChI is InChI=1S/C14H22FNO/c1-4-5-8-17-14-7-6-13(15)9-12(14)10-16-11(2)3/h6-7,9,11,16H,4-5,8,10H2,1-3H3. The topological polar surface area (TPSA) is 21.3 Å². The first-order valence-electron chi connectivity index (χ1n) is 6.28. The van der Waals surface area contributed by atoms with Gasteiger partial charge in [-0.15, -0.1) is 0 Å². The normalized spacial score (nSPS) is 10.9. The van der Waals surface area contributed by atoms with Gasteiger partial charge >= 0.3 is 0 Å². The van der Waals surface area contributed by atoms with Crippen LogP contribution in [-0.4, -0.2) is 12.6 Å². The first-order valence-corrected chi connectivity index (χ1v) is 6.28. The van der Waals surface area contributed by atoms with Gasteiger partial charge in [0.1, 0.15) is 11.6 Å². The second-order valence-corrected chi connectivity index (χ2v) is 4.49. The predicted octanol–water partition coefficient (Wildman–Crippen LogP) is 3.50. The smallest absolute Gasteiger partial charge is 0.123 e. The first kappa shape index (κ1) is 14.0. The van der Waals surface area contributed by atoms with Gasteiger partial charge in [-0.2, -0.15) is 0 Å². The van der Waals surface area contributed by atoms with Crippen molar-refractivity contribution < 1.29 is 9.13 Å². The number of rotatable bonds is 7. The summed E-state index contributed by atoms with van der Waals surface area (Å²) in [6.45, 7) is 7.58. The van der Waals surface area contributed by atoms with E-state index in [2.05, 4.69) is 26.1 Å². The minimum atomic E-state index is -0.214. The largest absolute Gasteiger partial charge is 0.493 e. The average molecular weight is 239 g/mol. The molecule has 0 amide bonds. The molecule has 0 fully saturated rings. The van der Waals surface area contributed by atoms with Gasteiger partial charge in [-0.3, -0.25) is 0 Å². The Kier molecular flexibility index (Phi) is 5.98. The maximum Gasteiger partial charge on any atom is 0.123 e. The van der Waals surface area contributed by atoms with Crippen molar-refractivity contribution in [3.63, 3.8) is 0 Å². The molecule has 0 saturated carbocycles. The minimum absolute atomic E-state index is 0.214. The monoisotopic (exact) mass is 239 g/mol. The maximum atomic E-state index is 13.2. The molecule has 3 heteroatoms. The molecule has 0 bridgehead atoms. The summed E-state index contributed by atoms with van der Waals surface area (Å²) in [4.78, 5) is 0. The quantitative estimate of drug-likeness (QED) is 0.735. The Morgan fingerprint density at radius 3 is 2.76 bits per heavy atom. The van der Waals surface area contributed by atoms with Gasteiger partial charge < -0.3 is 10.1 Å². The van der Waals surface area contributed by atoms with Crippen LogP contribution in [0.5, 0.6) is 5.75 Å². The van der Waals surface area contributed by atoms with Crippen molar-refractivity contribution in [3.05, 3.63) is 29.6 Å². The predicted molar refractivity (Wildman–Crippen MR) is 68.8 cm³/mol. The van der Waals surface area contributed by atoms with Gasteiger partial charge in [0.15, 0.2) is 0 Å². The Hall–Kier alpha value is -1.09. The minimum Gasteiger partial charge on any atom is -0.493 e. The zero-order valence-electron chi connectivity index (χ0n) is 10.9. The molecule has 1 N–H and O–H groups in total. The SMILES string of the molecule is CCCCOc1ccc(F)cc1CNC(C)C. The van der Waals surface area contributed by atoms with Crippen LogP contribution in [0.4, 0.5) is 4.39 Å². The van der Waals surface area contributed by atoms with Crippen molar-refractivity contribution in [2.75, 3.05) is 6.61 Å². The van der Waals surface area contributed by atoms with Crippen LogP contribution in [0.25, 0.3) is 0 Å². The molecule has 0 spiro atoms. The molecule has 0 saturated heterocycles. The van der Waals surface area contributed by atoms with Crippen LogP contribution in [0.1, 0.15) is 39.2 Å². The van der Waals surface area contributed by atoms with E-state index in [1.807, 2.05) is 0 Å². The van der Waals surface area contributed by atoms with Gasteiger partial charge in [0.25, 0.3) is 0 Å². The number of hydrogen-bond acceptors (Lipinski definition) is 2. The van der Waals surface area contributed by atoms with Gasteiger partial charge in [-0.1, -0.05) is 27.2 Å². The number of benzene rings is 1. The van der Waals surface area contributed by atoms with Crippen molar-refractivity contribution in [2.24, 2.45) is 0 Å². The lowest BCUT2D eigenvalue weighted by Gasteiger charge is -2.13. The summed E-state index contributed by atoms with van der Waals surface area (Å²) in [5.41, 5.74) is 0.884. The molecule has 0 aliphatic rings. The summed E-state index contributed by atoms with van der Waals surface area (Å²) >= 11 is 0. The Labute approximate surface area is 103 Å². The summed E-state index contributed by atoms with van der Waals surface area (Å²) in [7, 11) is 0. The van der Waals surface area contributed by atoms with Crippen molar-refractivity contribution in [1.82, 2.24) is 5.32 Å². The van der Waals surface area contributed by atoms with Crippen LogP contribution >= 0.6 is 0 Å². The third-order valence-corrected chi connectivity index (χ3v) is 2.48. The molecule has 17 heavy (non-hydrogen) atoms. The highest BCUT2D eigenvalue weighted by molar-refractivity contribution is 5.33. The van der Waals surface area contributed by atoms with E-state index >= 15 is 0 Å². The molecule has 0 aromatic heterocycles. The van der Waals surface area contributed by atoms with Crippen LogP contribution in [-0.2, 0) is 6.54 Å². The number of unbranched alkanes of at least 4 members (excludes halogenated alkanes) is 1. The molecule has 1 aromatic carbocycles. The lowest BCUT2D eigenvalue weighted by Crippen LogP contribution is -2.22. The van der Waals surface area contributed by atoms with Crippen LogP contribution < -0.4 is 10.1 Å². The molecular formula is C14H22FNO. The molecule has 96 valence electrons. The number of nitrogens with one attached hydrogen (secondary N) is 1. The summed E-state index contributed by atoms with van der Waals surface area (Å²) in [5, 5.41) is 3.27. The van der Waals surface area contributed by atoms with Crippen molar-refractivity contribution in [1.29, 1.82) is 0 Å². The van der Waals surface area contributed by atoms with E-state index < -0.39 is 0 Å². The van der Waals surface area contributed by atoms with Gasteiger partial charge in [0.05, 0.1) is 6.61 Å². The highest BCUT2D eigenvalue weighted by atomic mass is 19.1. The summed E-state index contributed by atoms with van der Waals surface area (Å²) < 4.78 is 18.8. The van der Waals surface area contributed by atoms with Gasteiger partial charge in [-0.25, -0.2) is 4.39 Å². The molecule has 2 nitrogen and oxygen atoms in total. The van der Waals surface area contributed by atoms with E-state index in [1.54, 1.807) is 6.07 Å². The third kappa shape index (κ3) is 5.18. The molecule has 0 radical (unpaired) electrons. The van der Waals surface area contributed by atoms with Gasteiger partial charge in [0.2, 0.25) is 0 Å². The maximum absolute atomic E-state index is 13.2. The highest BCUT2D eigenvalue weighted by Gasteiger charge is 2.06. The molecular weight excluding hydrogens is 217 g/mol. The fraction of sp³-hybridized carbons (Fsp3) is 0.571. The first-order chi connectivity index (χ1) is 8.13. The van der Waals surface area contributed by atoms with Crippen LogP contribution in [0.2, 0.25) is 0 Å². The second kappa shape index (κ2) is 7.28. The third-order valence-electron chi connectivity index (χ3n) is 2.48. The van der Waals surface area contributed by atoms with Crippen LogP contribution in [0.15, 0.2) is 18.2 Å².